The Labute approximate surface area is 103 Å². The van der Waals surface area contributed by atoms with Gasteiger partial charge >= 0.3 is 15.6 Å². The monoisotopic (exact) mass is 297 g/mol. The van der Waals surface area contributed by atoms with Gasteiger partial charge in [0.05, 0.1) is 12.6 Å². The van der Waals surface area contributed by atoms with Crippen molar-refractivity contribution in [3.63, 3.8) is 0 Å². The van der Waals surface area contributed by atoms with Gasteiger partial charge in [-0.2, -0.15) is 4.31 Å². The van der Waals surface area contributed by atoms with Crippen molar-refractivity contribution in [1.29, 1.82) is 0 Å². The standard InChI is InChI=1S/C8H13NO7P2/c9-8(7-4-2-1-3-5-7)6-15-18(13,14)16-17(10,11)12/h1-5,8H,6,9H2,(H,13,14)(H2,10,11,12). The Hall–Kier alpha value is -0.560. The van der Waals surface area contributed by atoms with Crippen molar-refractivity contribution in [2.75, 3.05) is 6.61 Å². The molecule has 0 aliphatic heterocycles. The first-order valence-electron chi connectivity index (χ1n) is 4.74. The average molecular weight is 297 g/mol. The second-order valence-corrected chi connectivity index (χ2v) is 6.18. The molecule has 0 fully saturated rings. The zero-order chi connectivity index (χ0) is 13.8. The van der Waals surface area contributed by atoms with Crippen LogP contribution in [0.2, 0.25) is 0 Å². The summed E-state index contributed by atoms with van der Waals surface area (Å²) in [7, 11) is -9.93. The van der Waals surface area contributed by atoms with Crippen LogP contribution in [0.3, 0.4) is 0 Å². The highest BCUT2D eigenvalue weighted by molar-refractivity contribution is 7.60. The van der Waals surface area contributed by atoms with Crippen LogP contribution in [0.15, 0.2) is 30.3 Å². The quantitative estimate of drug-likeness (QED) is 0.568. The maximum atomic E-state index is 11.1. The molecule has 0 aliphatic carbocycles. The third-order valence-electron chi connectivity index (χ3n) is 1.85. The van der Waals surface area contributed by atoms with Crippen molar-refractivity contribution >= 4 is 15.6 Å². The minimum absolute atomic E-state index is 0.419. The Morgan fingerprint density at radius 2 is 1.72 bits per heavy atom. The lowest BCUT2D eigenvalue weighted by Gasteiger charge is -2.16. The molecule has 2 unspecified atom stereocenters. The molecular formula is C8H13NO7P2. The van der Waals surface area contributed by atoms with Gasteiger partial charge in [0.1, 0.15) is 0 Å². The van der Waals surface area contributed by atoms with E-state index in [1.54, 1.807) is 30.3 Å². The molecule has 0 radical (unpaired) electrons. The summed E-state index contributed by atoms with van der Waals surface area (Å²) in [5.41, 5.74) is 6.31. The van der Waals surface area contributed by atoms with Crippen LogP contribution in [0.25, 0.3) is 0 Å². The molecule has 0 aliphatic rings. The van der Waals surface area contributed by atoms with E-state index in [4.69, 9.17) is 20.4 Å². The molecule has 0 saturated heterocycles. The van der Waals surface area contributed by atoms with E-state index in [1.165, 1.54) is 0 Å². The molecule has 0 aromatic heterocycles. The van der Waals surface area contributed by atoms with Crippen molar-refractivity contribution in [1.82, 2.24) is 0 Å². The Morgan fingerprint density at radius 3 is 2.22 bits per heavy atom. The highest BCUT2D eigenvalue weighted by Crippen LogP contribution is 2.57. The fraction of sp³-hybridized carbons (Fsp3) is 0.250. The van der Waals surface area contributed by atoms with E-state index >= 15 is 0 Å². The molecule has 0 bridgehead atoms. The average Bonchev–Trinajstić information content (AvgIpc) is 2.24. The van der Waals surface area contributed by atoms with Crippen LogP contribution < -0.4 is 5.73 Å². The lowest BCUT2D eigenvalue weighted by molar-refractivity contribution is 0.170. The third kappa shape index (κ3) is 5.86. The topological polar surface area (TPSA) is 139 Å². The number of hydrogen-bond acceptors (Lipinski definition) is 5. The predicted octanol–water partition coefficient (Wildman–Crippen LogP) is 0.913. The van der Waals surface area contributed by atoms with Crippen LogP contribution in [0.1, 0.15) is 11.6 Å². The minimum Gasteiger partial charge on any atom is -0.322 e. The Morgan fingerprint density at radius 1 is 1.17 bits per heavy atom. The molecule has 8 nitrogen and oxygen atoms in total. The summed E-state index contributed by atoms with van der Waals surface area (Å²) in [5.74, 6) is 0. The molecule has 18 heavy (non-hydrogen) atoms. The molecule has 1 aromatic carbocycles. The predicted molar refractivity (Wildman–Crippen MR) is 62.3 cm³/mol. The molecule has 0 heterocycles. The highest BCUT2D eigenvalue weighted by atomic mass is 31.3. The molecule has 0 saturated carbocycles. The van der Waals surface area contributed by atoms with Crippen LogP contribution in [-0.4, -0.2) is 21.3 Å². The van der Waals surface area contributed by atoms with Crippen LogP contribution in [0, 0.1) is 0 Å². The highest BCUT2D eigenvalue weighted by Gasteiger charge is 2.32. The van der Waals surface area contributed by atoms with Gasteiger partial charge in [0, 0.05) is 0 Å². The Kier molecular flexibility index (Phi) is 5.21. The first-order valence-corrected chi connectivity index (χ1v) is 7.77. The van der Waals surface area contributed by atoms with Gasteiger partial charge in [0.25, 0.3) is 0 Å². The number of hydrogen-bond donors (Lipinski definition) is 4. The van der Waals surface area contributed by atoms with Crippen molar-refractivity contribution in [2.24, 2.45) is 5.73 Å². The molecule has 0 spiro atoms. The molecule has 1 rings (SSSR count). The molecule has 5 N–H and O–H groups in total. The van der Waals surface area contributed by atoms with Gasteiger partial charge in [-0.15, -0.1) is 0 Å². The lowest BCUT2D eigenvalue weighted by Crippen LogP contribution is -2.16. The molecule has 1 aromatic rings. The maximum absolute atomic E-state index is 11.1. The van der Waals surface area contributed by atoms with Crippen molar-refractivity contribution in [3.05, 3.63) is 35.9 Å². The number of nitrogens with two attached hydrogens (primary N) is 1. The Bertz CT molecular complexity index is 474. The van der Waals surface area contributed by atoms with E-state index in [2.05, 4.69) is 8.83 Å². The molecule has 102 valence electrons. The fourth-order valence-electron chi connectivity index (χ4n) is 1.13. The number of benzene rings is 1. The van der Waals surface area contributed by atoms with E-state index in [1.807, 2.05) is 0 Å². The molecule has 0 amide bonds. The van der Waals surface area contributed by atoms with Crippen LogP contribution >= 0.6 is 15.6 Å². The second kappa shape index (κ2) is 6.06. The van der Waals surface area contributed by atoms with Gasteiger partial charge < -0.3 is 20.4 Å². The summed E-state index contributed by atoms with van der Waals surface area (Å²) in [5, 5.41) is 0. The zero-order valence-electron chi connectivity index (χ0n) is 9.12. The van der Waals surface area contributed by atoms with Gasteiger partial charge in [-0.1, -0.05) is 30.3 Å². The normalized spacial score (nSPS) is 17.1. The zero-order valence-corrected chi connectivity index (χ0v) is 10.9. The maximum Gasteiger partial charge on any atom is 0.481 e. The van der Waals surface area contributed by atoms with Gasteiger partial charge in [-0.25, -0.2) is 9.13 Å². The van der Waals surface area contributed by atoms with Gasteiger partial charge in [0.15, 0.2) is 0 Å². The fourth-order valence-corrected chi connectivity index (χ4v) is 2.74. The van der Waals surface area contributed by atoms with E-state index in [9.17, 15) is 9.13 Å². The first kappa shape index (κ1) is 15.5. The van der Waals surface area contributed by atoms with E-state index in [0.29, 0.717) is 5.56 Å². The van der Waals surface area contributed by atoms with Crippen LogP contribution in [-0.2, 0) is 18.0 Å². The Balaban J connectivity index is 2.55. The first-order chi connectivity index (χ1) is 8.20. The van der Waals surface area contributed by atoms with Crippen molar-refractivity contribution < 1.29 is 32.6 Å². The number of phosphoric ester groups is 1. The number of phosphoric acid groups is 2. The lowest BCUT2D eigenvalue weighted by atomic mass is 10.1. The summed E-state index contributed by atoms with van der Waals surface area (Å²) in [6.07, 6.45) is 0. The third-order valence-corrected chi connectivity index (χ3v) is 4.01. The van der Waals surface area contributed by atoms with Gasteiger partial charge in [-0.3, -0.25) is 4.52 Å². The molecule has 2 atom stereocenters. The van der Waals surface area contributed by atoms with Gasteiger partial charge in [0.2, 0.25) is 0 Å². The van der Waals surface area contributed by atoms with Crippen molar-refractivity contribution in [3.8, 4) is 0 Å². The second-order valence-electron chi connectivity index (χ2n) is 3.35. The van der Waals surface area contributed by atoms with E-state index in [0.717, 1.165) is 0 Å². The van der Waals surface area contributed by atoms with Gasteiger partial charge in [-0.05, 0) is 5.56 Å². The largest absolute Gasteiger partial charge is 0.481 e. The smallest absolute Gasteiger partial charge is 0.322 e. The molecular weight excluding hydrogens is 284 g/mol. The van der Waals surface area contributed by atoms with Crippen LogP contribution in [0.5, 0.6) is 0 Å². The minimum atomic E-state index is -5.10. The number of rotatable bonds is 6. The summed E-state index contributed by atoms with van der Waals surface area (Å²) >= 11 is 0. The SMILES string of the molecule is NC(COP(=O)(O)OP(=O)(O)O)c1ccccc1. The molecule has 10 heteroatoms. The summed E-state index contributed by atoms with van der Waals surface area (Å²) in [6, 6.07) is 7.86. The van der Waals surface area contributed by atoms with Crippen molar-refractivity contribution in [2.45, 2.75) is 6.04 Å². The summed E-state index contributed by atoms with van der Waals surface area (Å²) < 4.78 is 29.5. The summed E-state index contributed by atoms with van der Waals surface area (Å²) in [4.78, 5) is 25.8. The van der Waals surface area contributed by atoms with E-state index in [-0.39, 0.29) is 0 Å². The van der Waals surface area contributed by atoms with Crippen LogP contribution in [0.4, 0.5) is 0 Å². The van der Waals surface area contributed by atoms with E-state index < -0.39 is 28.3 Å². The summed E-state index contributed by atoms with van der Waals surface area (Å²) in [6.45, 7) is -0.419.